The number of halogens is 6. The van der Waals surface area contributed by atoms with Gasteiger partial charge in [-0.05, 0) is 49.5 Å². The first kappa shape index (κ1) is 21.7. The van der Waals surface area contributed by atoms with Crippen molar-refractivity contribution in [3.63, 3.8) is 0 Å². The van der Waals surface area contributed by atoms with E-state index in [1.165, 1.54) is 12.1 Å². The molecule has 2 aliphatic rings. The lowest BCUT2D eigenvalue weighted by Crippen LogP contribution is -2.50. The summed E-state index contributed by atoms with van der Waals surface area (Å²) in [5.74, 6) is -4.20. The molecular formula is C17H20ClF5N2O2. The van der Waals surface area contributed by atoms with Gasteiger partial charge in [-0.15, -0.1) is 25.6 Å². The Balaban J connectivity index is 0.00000261. The quantitative estimate of drug-likeness (QED) is 0.732. The maximum atomic E-state index is 12.9. The Kier molecular flexibility index (Phi) is 6.57. The van der Waals surface area contributed by atoms with E-state index in [0.717, 1.165) is 25.9 Å². The zero-order chi connectivity index (χ0) is 18.9. The van der Waals surface area contributed by atoms with Crippen LogP contribution in [0.1, 0.15) is 47.5 Å². The van der Waals surface area contributed by atoms with Crippen LogP contribution in [0.4, 0.5) is 22.0 Å². The lowest BCUT2D eigenvalue weighted by molar-refractivity contribution is -0.274. The number of hydrogen-bond acceptors (Lipinski definition) is 3. The molecule has 2 N–H and O–H groups in total. The van der Waals surface area contributed by atoms with E-state index in [0.29, 0.717) is 5.56 Å². The average Bonchev–Trinajstić information content (AvgIpc) is 2.52. The minimum atomic E-state index is -4.95. The molecule has 0 bridgehead atoms. The van der Waals surface area contributed by atoms with Gasteiger partial charge in [0.2, 0.25) is 0 Å². The smallest absolute Gasteiger partial charge is 0.405 e. The van der Waals surface area contributed by atoms with Crippen LogP contribution in [0.3, 0.4) is 0 Å². The number of alkyl halides is 5. The van der Waals surface area contributed by atoms with Gasteiger partial charge in [0.05, 0.1) is 5.56 Å². The zero-order valence-corrected chi connectivity index (χ0v) is 15.1. The molecule has 1 heterocycles. The normalized spacial score (nSPS) is 20.3. The van der Waals surface area contributed by atoms with Gasteiger partial charge in [-0.2, -0.15) is 0 Å². The number of hydrogen-bond donors (Lipinski definition) is 2. The highest BCUT2D eigenvalue weighted by molar-refractivity contribution is 5.97. The third kappa shape index (κ3) is 5.68. The molecule has 1 saturated carbocycles. The summed E-state index contributed by atoms with van der Waals surface area (Å²) in [4.78, 5) is 12.2. The van der Waals surface area contributed by atoms with Gasteiger partial charge in [-0.1, -0.05) is 6.07 Å². The topological polar surface area (TPSA) is 50.4 Å². The van der Waals surface area contributed by atoms with Crippen molar-refractivity contribution in [2.75, 3.05) is 13.1 Å². The molecular weight excluding hydrogens is 395 g/mol. The molecule has 27 heavy (non-hydrogen) atoms. The molecule has 3 rings (SSSR count). The second-order valence-corrected chi connectivity index (χ2v) is 6.76. The van der Waals surface area contributed by atoms with Crippen molar-refractivity contribution in [2.45, 2.75) is 49.9 Å². The number of carbonyl (C=O) groups excluding carboxylic acids is 1. The van der Waals surface area contributed by atoms with Crippen LogP contribution >= 0.6 is 12.4 Å². The summed E-state index contributed by atoms with van der Waals surface area (Å²) < 4.78 is 68.0. The predicted molar refractivity (Wildman–Crippen MR) is 90.7 cm³/mol. The Morgan fingerprint density at radius 1 is 1.19 bits per heavy atom. The van der Waals surface area contributed by atoms with E-state index < -0.39 is 42.8 Å². The summed E-state index contributed by atoms with van der Waals surface area (Å²) in [6.45, 7) is 1.52. The van der Waals surface area contributed by atoms with Gasteiger partial charge >= 0.3 is 6.36 Å². The highest BCUT2D eigenvalue weighted by Gasteiger charge is 2.46. The van der Waals surface area contributed by atoms with Crippen LogP contribution in [0.25, 0.3) is 0 Å². The fraction of sp³-hybridized carbons (Fsp3) is 0.588. The van der Waals surface area contributed by atoms with Gasteiger partial charge in [0, 0.05) is 18.9 Å². The van der Waals surface area contributed by atoms with Gasteiger partial charge in [0.15, 0.2) is 0 Å². The van der Waals surface area contributed by atoms with Crippen LogP contribution in [0.5, 0.6) is 5.75 Å². The lowest BCUT2D eigenvalue weighted by Gasteiger charge is -2.35. The molecule has 152 valence electrons. The molecule has 10 heteroatoms. The van der Waals surface area contributed by atoms with Crippen LogP contribution < -0.4 is 15.4 Å². The number of nitrogens with one attached hydrogen (secondary N) is 2. The maximum absolute atomic E-state index is 12.9. The standard InChI is InChI=1S/C17H19F5N2O2.ClH/c18-16(19)8-12(9-16)24-15(25)13-2-1-11(10-3-5-23-6-4-10)7-14(13)26-17(20,21)22;/h1-2,7,10,12,23H,3-6,8-9H2,(H,24,25);1H. The predicted octanol–water partition coefficient (Wildman–Crippen LogP) is 4.00. The summed E-state index contributed by atoms with van der Waals surface area (Å²) in [6, 6.07) is 3.35. The summed E-state index contributed by atoms with van der Waals surface area (Å²) in [5, 5.41) is 5.51. The lowest BCUT2D eigenvalue weighted by atomic mass is 9.87. The third-order valence-corrected chi connectivity index (χ3v) is 4.71. The van der Waals surface area contributed by atoms with Crippen molar-refractivity contribution in [3.05, 3.63) is 29.3 Å². The van der Waals surface area contributed by atoms with E-state index >= 15 is 0 Å². The van der Waals surface area contributed by atoms with E-state index in [9.17, 15) is 26.7 Å². The Morgan fingerprint density at radius 3 is 2.37 bits per heavy atom. The van der Waals surface area contributed by atoms with Crippen molar-refractivity contribution in [2.24, 2.45) is 0 Å². The van der Waals surface area contributed by atoms with Crippen molar-refractivity contribution < 1.29 is 31.5 Å². The van der Waals surface area contributed by atoms with Crippen LogP contribution in [0.2, 0.25) is 0 Å². The molecule has 4 nitrogen and oxygen atoms in total. The first-order valence-electron chi connectivity index (χ1n) is 8.42. The Labute approximate surface area is 159 Å². The Hall–Kier alpha value is -1.61. The molecule has 0 atom stereocenters. The number of rotatable bonds is 4. The molecule has 1 aromatic rings. The van der Waals surface area contributed by atoms with E-state index in [-0.39, 0.29) is 23.9 Å². The van der Waals surface area contributed by atoms with Crippen LogP contribution in [0.15, 0.2) is 18.2 Å². The van der Waals surface area contributed by atoms with Crippen LogP contribution in [0, 0.1) is 0 Å². The minimum absolute atomic E-state index is 0. The maximum Gasteiger partial charge on any atom is 0.573 e. The highest BCUT2D eigenvalue weighted by atomic mass is 35.5. The largest absolute Gasteiger partial charge is 0.573 e. The first-order chi connectivity index (χ1) is 12.1. The van der Waals surface area contributed by atoms with Crippen LogP contribution in [-0.2, 0) is 0 Å². The van der Waals surface area contributed by atoms with Gasteiger partial charge in [0.1, 0.15) is 5.75 Å². The molecule has 2 fully saturated rings. The number of amides is 1. The molecule has 0 radical (unpaired) electrons. The Bertz CT molecular complexity index is 670. The van der Waals surface area contributed by atoms with Gasteiger partial charge in [-0.3, -0.25) is 4.79 Å². The Morgan fingerprint density at radius 2 is 1.81 bits per heavy atom. The van der Waals surface area contributed by atoms with Crippen molar-refractivity contribution in [3.8, 4) is 5.75 Å². The summed E-state index contributed by atoms with van der Waals surface area (Å²) in [5.41, 5.74) is 0.354. The third-order valence-electron chi connectivity index (χ3n) is 4.71. The van der Waals surface area contributed by atoms with E-state index in [1.54, 1.807) is 6.07 Å². The summed E-state index contributed by atoms with van der Waals surface area (Å²) >= 11 is 0. The first-order valence-corrected chi connectivity index (χ1v) is 8.42. The SMILES string of the molecule is Cl.O=C(NC1CC(F)(F)C1)c1ccc(C2CCNCC2)cc1OC(F)(F)F. The molecule has 1 amide bonds. The number of benzene rings is 1. The van der Waals surface area contributed by atoms with Gasteiger partial charge in [0.25, 0.3) is 11.8 Å². The second-order valence-electron chi connectivity index (χ2n) is 6.76. The molecule has 1 aliphatic heterocycles. The fourth-order valence-corrected chi connectivity index (χ4v) is 3.37. The molecule has 1 aliphatic carbocycles. The molecule has 1 saturated heterocycles. The van der Waals surface area contributed by atoms with Gasteiger partial charge in [-0.25, -0.2) is 8.78 Å². The zero-order valence-electron chi connectivity index (χ0n) is 14.2. The summed E-state index contributed by atoms with van der Waals surface area (Å²) in [7, 11) is 0. The number of carbonyl (C=O) groups is 1. The fourth-order valence-electron chi connectivity index (χ4n) is 3.37. The molecule has 1 aromatic carbocycles. The summed E-state index contributed by atoms with van der Waals surface area (Å²) in [6.07, 6.45) is -4.43. The average molecular weight is 415 g/mol. The van der Waals surface area contributed by atoms with Gasteiger partial charge < -0.3 is 15.4 Å². The van der Waals surface area contributed by atoms with Crippen molar-refractivity contribution in [1.29, 1.82) is 0 Å². The monoisotopic (exact) mass is 414 g/mol. The van der Waals surface area contributed by atoms with E-state index in [4.69, 9.17) is 0 Å². The number of ether oxygens (including phenoxy) is 1. The molecule has 0 spiro atoms. The van der Waals surface area contributed by atoms with Crippen molar-refractivity contribution in [1.82, 2.24) is 10.6 Å². The second kappa shape index (κ2) is 8.18. The highest BCUT2D eigenvalue weighted by Crippen LogP contribution is 2.38. The molecule has 0 aromatic heterocycles. The number of piperidine rings is 1. The molecule has 0 unspecified atom stereocenters. The van der Waals surface area contributed by atoms with Crippen molar-refractivity contribution >= 4 is 18.3 Å². The van der Waals surface area contributed by atoms with E-state index in [1.807, 2.05) is 0 Å². The minimum Gasteiger partial charge on any atom is -0.405 e. The van der Waals surface area contributed by atoms with Crippen LogP contribution in [-0.4, -0.2) is 37.3 Å². The van der Waals surface area contributed by atoms with E-state index in [2.05, 4.69) is 15.4 Å².